The normalized spacial score (nSPS) is 50.2. The first-order valence-electron chi connectivity index (χ1n) is 8.20. The van der Waals surface area contributed by atoms with Crippen molar-refractivity contribution >= 4 is 5.78 Å². The van der Waals surface area contributed by atoms with Gasteiger partial charge in [-0.2, -0.15) is 0 Å². The van der Waals surface area contributed by atoms with Gasteiger partial charge in [0.15, 0.2) is 5.78 Å². The fourth-order valence-corrected chi connectivity index (χ4v) is 5.79. The third-order valence-corrected chi connectivity index (χ3v) is 6.89. The number of fused-ring (bicyclic) bond motifs is 5. The summed E-state index contributed by atoms with van der Waals surface area (Å²) in [6.45, 7) is 2.32. The molecule has 1 N–H and O–H groups in total. The van der Waals surface area contributed by atoms with Gasteiger partial charge in [-0.25, -0.2) is 0 Å². The van der Waals surface area contributed by atoms with Crippen molar-refractivity contribution in [1.29, 1.82) is 0 Å². The molecule has 0 aromatic heterocycles. The molecule has 0 aromatic rings. The summed E-state index contributed by atoms with van der Waals surface area (Å²) in [5.41, 5.74) is 1.54. The summed E-state index contributed by atoms with van der Waals surface area (Å²) in [5, 5.41) is 10.4. The van der Waals surface area contributed by atoms with Gasteiger partial charge in [-0.3, -0.25) is 4.79 Å². The molecule has 4 aliphatic carbocycles. The van der Waals surface area contributed by atoms with Crippen LogP contribution in [0.1, 0.15) is 45.4 Å². The van der Waals surface area contributed by atoms with Crippen LogP contribution in [0.4, 0.5) is 0 Å². The highest BCUT2D eigenvalue weighted by Crippen LogP contribution is 2.61. The van der Waals surface area contributed by atoms with Crippen molar-refractivity contribution in [3.05, 3.63) is 23.8 Å². The molecule has 20 heavy (non-hydrogen) atoms. The number of rotatable bonds is 0. The molecule has 0 radical (unpaired) electrons. The lowest BCUT2D eigenvalue weighted by atomic mass is 9.53. The van der Waals surface area contributed by atoms with E-state index in [1.807, 2.05) is 6.08 Å². The van der Waals surface area contributed by atoms with E-state index in [2.05, 4.69) is 13.0 Å². The van der Waals surface area contributed by atoms with Gasteiger partial charge in [0.05, 0.1) is 6.10 Å². The Balaban J connectivity index is 1.65. The monoisotopic (exact) mass is 272 g/mol. The van der Waals surface area contributed by atoms with Gasteiger partial charge in [0.1, 0.15) is 0 Å². The molecular formula is C18H24O2. The van der Waals surface area contributed by atoms with Crippen LogP contribution in [0.25, 0.3) is 0 Å². The van der Waals surface area contributed by atoms with E-state index in [-0.39, 0.29) is 17.3 Å². The largest absolute Gasteiger partial charge is 0.393 e. The first-order valence-corrected chi connectivity index (χ1v) is 8.20. The number of hydrogen-bond donors (Lipinski definition) is 1. The summed E-state index contributed by atoms with van der Waals surface area (Å²) in [6.07, 6.45) is 12.6. The fourth-order valence-electron chi connectivity index (χ4n) is 5.79. The maximum atomic E-state index is 11.6. The smallest absolute Gasteiger partial charge is 0.178 e. The van der Waals surface area contributed by atoms with Crippen LogP contribution in [0.5, 0.6) is 0 Å². The van der Waals surface area contributed by atoms with Gasteiger partial charge in [0.2, 0.25) is 0 Å². The minimum atomic E-state index is -0.0890. The highest BCUT2D eigenvalue weighted by Gasteiger charge is 2.55. The molecule has 1 unspecified atom stereocenters. The molecule has 0 aliphatic heterocycles. The number of aliphatic hydroxyl groups is 1. The van der Waals surface area contributed by atoms with E-state index >= 15 is 0 Å². The highest BCUT2D eigenvalue weighted by molar-refractivity contribution is 6.00. The lowest BCUT2D eigenvalue weighted by Gasteiger charge is -2.52. The molecule has 0 saturated heterocycles. The van der Waals surface area contributed by atoms with E-state index in [1.54, 1.807) is 6.08 Å². The van der Waals surface area contributed by atoms with Gasteiger partial charge in [-0.15, -0.1) is 0 Å². The van der Waals surface area contributed by atoms with E-state index in [4.69, 9.17) is 0 Å². The maximum absolute atomic E-state index is 11.6. The minimum Gasteiger partial charge on any atom is -0.393 e. The molecule has 0 aromatic carbocycles. The Morgan fingerprint density at radius 2 is 2.05 bits per heavy atom. The average Bonchev–Trinajstić information content (AvgIpc) is 2.74. The van der Waals surface area contributed by atoms with Crippen LogP contribution in [0.15, 0.2) is 23.8 Å². The van der Waals surface area contributed by atoms with Crippen LogP contribution in [-0.2, 0) is 4.79 Å². The third-order valence-electron chi connectivity index (χ3n) is 6.89. The second-order valence-corrected chi connectivity index (χ2v) is 7.62. The van der Waals surface area contributed by atoms with Gasteiger partial charge in [0.25, 0.3) is 0 Å². The Morgan fingerprint density at radius 3 is 2.90 bits per heavy atom. The standard InChI is InChI=1S/C18H24O2/c1-18-9-8-14-13-5-3-12(19)10-11(13)2-4-15(14)16(18)6-7-17(18)20/h3,5,10,13-17,20H,2,4,6-9H2,1H3/t13-,14+,15+,16-,17?,18-/m0/s1. The highest BCUT2D eigenvalue weighted by atomic mass is 16.3. The topological polar surface area (TPSA) is 37.3 Å². The SMILES string of the molecule is C[C@]12CC[C@H]3[C@@H](CCC4=CC(=O)C=C[C@@H]43)[C@@H]1CCC2O. The summed E-state index contributed by atoms with van der Waals surface area (Å²) in [4.78, 5) is 11.6. The second-order valence-electron chi connectivity index (χ2n) is 7.62. The third kappa shape index (κ3) is 1.64. The number of ketones is 1. The van der Waals surface area contributed by atoms with E-state index in [0.29, 0.717) is 17.8 Å². The van der Waals surface area contributed by atoms with Gasteiger partial charge < -0.3 is 5.11 Å². The molecule has 4 rings (SSSR count). The molecule has 2 heteroatoms. The summed E-state index contributed by atoms with van der Waals surface area (Å²) in [5.74, 6) is 2.85. The van der Waals surface area contributed by atoms with Crippen molar-refractivity contribution in [3.8, 4) is 0 Å². The molecule has 0 spiro atoms. The Kier molecular flexibility index (Phi) is 2.76. The molecule has 6 atom stereocenters. The van der Waals surface area contributed by atoms with Crippen LogP contribution in [0, 0.1) is 29.1 Å². The van der Waals surface area contributed by atoms with E-state index < -0.39 is 0 Å². The zero-order valence-electron chi connectivity index (χ0n) is 12.2. The average molecular weight is 272 g/mol. The summed E-state index contributed by atoms with van der Waals surface area (Å²) in [6, 6.07) is 0. The maximum Gasteiger partial charge on any atom is 0.178 e. The van der Waals surface area contributed by atoms with Crippen LogP contribution >= 0.6 is 0 Å². The molecule has 0 bridgehead atoms. The van der Waals surface area contributed by atoms with Crippen molar-refractivity contribution in [1.82, 2.24) is 0 Å². The molecule has 4 aliphatic rings. The lowest BCUT2D eigenvalue weighted by Crippen LogP contribution is -2.47. The molecule has 108 valence electrons. The van der Waals surface area contributed by atoms with Crippen LogP contribution in [0.2, 0.25) is 0 Å². The predicted octanol–water partition coefficient (Wildman–Crippen LogP) is 3.27. The van der Waals surface area contributed by atoms with Crippen LogP contribution in [0.3, 0.4) is 0 Å². The molecule has 0 amide bonds. The van der Waals surface area contributed by atoms with Crippen LogP contribution in [-0.4, -0.2) is 17.0 Å². The zero-order chi connectivity index (χ0) is 13.9. The van der Waals surface area contributed by atoms with Crippen molar-refractivity contribution < 1.29 is 9.90 Å². The Morgan fingerprint density at radius 1 is 1.20 bits per heavy atom. The van der Waals surface area contributed by atoms with E-state index in [1.165, 1.54) is 24.8 Å². The Bertz CT molecular complexity index is 504. The molecular weight excluding hydrogens is 248 g/mol. The lowest BCUT2D eigenvalue weighted by molar-refractivity contribution is -0.110. The number of hydrogen-bond acceptors (Lipinski definition) is 2. The summed E-state index contributed by atoms with van der Waals surface area (Å²) < 4.78 is 0. The number of allylic oxidation sites excluding steroid dienone is 4. The van der Waals surface area contributed by atoms with E-state index in [9.17, 15) is 9.90 Å². The van der Waals surface area contributed by atoms with E-state index in [0.717, 1.165) is 25.2 Å². The first kappa shape index (κ1) is 12.8. The zero-order valence-corrected chi connectivity index (χ0v) is 12.2. The predicted molar refractivity (Wildman–Crippen MR) is 78.0 cm³/mol. The molecule has 3 saturated carbocycles. The van der Waals surface area contributed by atoms with Crippen molar-refractivity contribution in [2.24, 2.45) is 29.1 Å². The molecule has 0 heterocycles. The number of carbonyl (C=O) groups is 1. The Hall–Kier alpha value is -0.890. The number of aliphatic hydroxyl groups excluding tert-OH is 1. The molecule has 2 nitrogen and oxygen atoms in total. The van der Waals surface area contributed by atoms with Gasteiger partial charge in [-0.1, -0.05) is 18.6 Å². The second kappa shape index (κ2) is 4.30. The summed E-state index contributed by atoms with van der Waals surface area (Å²) >= 11 is 0. The quantitative estimate of drug-likeness (QED) is 0.735. The van der Waals surface area contributed by atoms with Crippen molar-refractivity contribution in [3.63, 3.8) is 0 Å². The van der Waals surface area contributed by atoms with Gasteiger partial charge in [-0.05, 0) is 73.8 Å². The Labute approximate surface area is 120 Å². The van der Waals surface area contributed by atoms with Gasteiger partial charge in [0, 0.05) is 5.92 Å². The first-order chi connectivity index (χ1) is 9.59. The molecule has 3 fully saturated rings. The number of carbonyl (C=O) groups excluding carboxylic acids is 1. The van der Waals surface area contributed by atoms with Crippen LogP contribution < -0.4 is 0 Å². The minimum absolute atomic E-state index is 0.0890. The summed E-state index contributed by atoms with van der Waals surface area (Å²) in [7, 11) is 0. The van der Waals surface area contributed by atoms with Crippen molar-refractivity contribution in [2.75, 3.05) is 0 Å². The van der Waals surface area contributed by atoms with Crippen molar-refractivity contribution in [2.45, 2.75) is 51.6 Å². The fraction of sp³-hybridized carbons (Fsp3) is 0.722. The van der Waals surface area contributed by atoms with Gasteiger partial charge >= 0.3 is 0 Å².